The zero-order chi connectivity index (χ0) is 15.8. The summed E-state index contributed by atoms with van der Waals surface area (Å²) in [6.45, 7) is 1.29. The minimum atomic E-state index is -4.58. The molecule has 8 heteroatoms. The van der Waals surface area contributed by atoms with Crippen molar-refractivity contribution in [2.75, 3.05) is 19.8 Å². The van der Waals surface area contributed by atoms with Crippen LogP contribution in [-0.2, 0) is 6.18 Å². The van der Waals surface area contributed by atoms with E-state index in [2.05, 4.69) is 14.9 Å². The Balaban J connectivity index is 1.64. The van der Waals surface area contributed by atoms with Crippen LogP contribution in [0.1, 0.15) is 31.5 Å². The molecule has 1 N–H and O–H groups in total. The van der Waals surface area contributed by atoms with E-state index in [4.69, 9.17) is 4.74 Å². The Morgan fingerprint density at radius 3 is 2.95 bits per heavy atom. The van der Waals surface area contributed by atoms with Crippen molar-refractivity contribution in [1.29, 1.82) is 0 Å². The van der Waals surface area contributed by atoms with Crippen LogP contribution in [0.3, 0.4) is 0 Å². The van der Waals surface area contributed by atoms with Crippen LogP contribution >= 0.6 is 0 Å². The van der Waals surface area contributed by atoms with Gasteiger partial charge in [0.05, 0.1) is 6.61 Å². The predicted octanol–water partition coefficient (Wildman–Crippen LogP) is 1.86. The van der Waals surface area contributed by atoms with Crippen LogP contribution in [0.2, 0.25) is 0 Å². The van der Waals surface area contributed by atoms with Crippen LogP contribution in [0.4, 0.5) is 13.2 Å². The molecule has 3 rings (SSSR count). The number of alkyl halides is 3. The van der Waals surface area contributed by atoms with Crippen LogP contribution in [0, 0.1) is 0 Å². The molecule has 22 heavy (non-hydrogen) atoms. The van der Waals surface area contributed by atoms with Gasteiger partial charge in [0.25, 0.3) is 0 Å². The van der Waals surface area contributed by atoms with Gasteiger partial charge < -0.3 is 9.84 Å². The maximum atomic E-state index is 12.6. The molecule has 0 radical (unpaired) electrons. The molecule has 2 saturated heterocycles. The summed E-state index contributed by atoms with van der Waals surface area (Å²) in [5.74, 6) is -1.26. The van der Waals surface area contributed by atoms with E-state index in [1.54, 1.807) is 0 Å². The van der Waals surface area contributed by atoms with Gasteiger partial charge in [0.1, 0.15) is 6.61 Å². The molecule has 0 aromatic carbocycles. The molecule has 0 bridgehead atoms. The molecule has 0 saturated carbocycles. The first kappa shape index (κ1) is 15.5. The lowest BCUT2D eigenvalue weighted by Gasteiger charge is -2.33. The standard InChI is InChI=1S/C14H18F3N3O2/c15-14(16,17)12-18-6-3-11(19-12)22-8-10-2-5-13(9-21)4-1-7-20(10)13/h3,6,10,21H,1-2,4-5,7-9H2/t10-,13-/m0/s1. The molecule has 0 aliphatic carbocycles. The summed E-state index contributed by atoms with van der Waals surface area (Å²) < 4.78 is 43.1. The van der Waals surface area contributed by atoms with Crippen molar-refractivity contribution in [3.63, 3.8) is 0 Å². The first-order chi connectivity index (χ1) is 10.4. The highest BCUT2D eigenvalue weighted by atomic mass is 19.4. The Bertz CT molecular complexity index is 540. The van der Waals surface area contributed by atoms with Gasteiger partial charge in [-0.15, -0.1) is 0 Å². The maximum absolute atomic E-state index is 12.6. The lowest BCUT2D eigenvalue weighted by atomic mass is 9.95. The van der Waals surface area contributed by atoms with Crippen molar-refractivity contribution >= 4 is 0 Å². The molecule has 0 amide bonds. The van der Waals surface area contributed by atoms with Gasteiger partial charge in [-0.05, 0) is 32.2 Å². The molecule has 3 heterocycles. The summed E-state index contributed by atoms with van der Waals surface area (Å²) in [5, 5.41) is 9.63. The number of rotatable bonds is 4. The normalized spacial score (nSPS) is 28.8. The molecule has 0 spiro atoms. The summed E-state index contributed by atoms with van der Waals surface area (Å²) >= 11 is 0. The van der Waals surface area contributed by atoms with E-state index < -0.39 is 12.0 Å². The lowest BCUT2D eigenvalue weighted by molar-refractivity contribution is -0.145. The summed E-state index contributed by atoms with van der Waals surface area (Å²) in [6, 6.07) is 1.44. The number of hydrogen-bond acceptors (Lipinski definition) is 5. The molecule has 1 aromatic heterocycles. The largest absolute Gasteiger partial charge is 0.476 e. The minimum absolute atomic E-state index is 0.0666. The number of halogens is 3. The fraction of sp³-hybridized carbons (Fsp3) is 0.714. The first-order valence-corrected chi connectivity index (χ1v) is 7.35. The third-order valence-electron chi connectivity index (χ3n) is 4.64. The molecular formula is C14H18F3N3O2. The second-order valence-electron chi connectivity index (χ2n) is 5.90. The van der Waals surface area contributed by atoms with E-state index >= 15 is 0 Å². The van der Waals surface area contributed by atoms with Crippen molar-refractivity contribution in [2.24, 2.45) is 0 Å². The van der Waals surface area contributed by atoms with E-state index in [0.717, 1.165) is 38.4 Å². The van der Waals surface area contributed by atoms with Crippen LogP contribution in [0.25, 0.3) is 0 Å². The van der Waals surface area contributed by atoms with Gasteiger partial charge in [0.2, 0.25) is 11.7 Å². The van der Waals surface area contributed by atoms with E-state index in [1.165, 1.54) is 6.07 Å². The molecule has 2 atom stereocenters. The Hall–Kier alpha value is -1.41. The second-order valence-corrected chi connectivity index (χ2v) is 5.90. The summed E-state index contributed by atoms with van der Waals surface area (Å²) in [6.07, 6.45) is 0.239. The molecule has 1 aromatic rings. The van der Waals surface area contributed by atoms with Gasteiger partial charge >= 0.3 is 6.18 Å². The summed E-state index contributed by atoms with van der Waals surface area (Å²) in [4.78, 5) is 8.85. The highest BCUT2D eigenvalue weighted by Crippen LogP contribution is 2.42. The molecule has 5 nitrogen and oxygen atoms in total. The topological polar surface area (TPSA) is 58.5 Å². The van der Waals surface area contributed by atoms with Crippen molar-refractivity contribution in [3.05, 3.63) is 18.1 Å². The first-order valence-electron chi connectivity index (χ1n) is 7.35. The van der Waals surface area contributed by atoms with Gasteiger partial charge in [-0.1, -0.05) is 0 Å². The van der Waals surface area contributed by atoms with Crippen LogP contribution < -0.4 is 4.74 Å². The highest BCUT2D eigenvalue weighted by molar-refractivity contribution is 5.11. The Morgan fingerprint density at radius 1 is 1.41 bits per heavy atom. The van der Waals surface area contributed by atoms with E-state index in [-0.39, 0.29) is 30.7 Å². The average molecular weight is 317 g/mol. The van der Waals surface area contributed by atoms with Crippen molar-refractivity contribution < 1.29 is 23.0 Å². The number of aromatic nitrogens is 2. The Kier molecular flexibility index (Phi) is 3.98. The van der Waals surface area contributed by atoms with E-state index in [1.807, 2.05) is 0 Å². The van der Waals surface area contributed by atoms with Gasteiger partial charge in [0, 0.05) is 23.8 Å². The predicted molar refractivity (Wildman–Crippen MR) is 71.3 cm³/mol. The number of aliphatic hydroxyl groups excluding tert-OH is 1. The van der Waals surface area contributed by atoms with Crippen molar-refractivity contribution in [3.8, 4) is 5.88 Å². The van der Waals surface area contributed by atoms with Crippen molar-refractivity contribution in [1.82, 2.24) is 14.9 Å². The number of ether oxygens (including phenoxy) is 1. The number of aliphatic hydroxyl groups is 1. The molecule has 2 aliphatic rings. The quantitative estimate of drug-likeness (QED) is 0.918. The van der Waals surface area contributed by atoms with E-state index in [0.29, 0.717) is 0 Å². The second kappa shape index (κ2) is 5.66. The SMILES string of the molecule is OC[C@@]12CCCN1[C@H](COc1ccnc(C(F)(F)F)n1)CC2. The summed E-state index contributed by atoms with van der Waals surface area (Å²) in [7, 11) is 0. The molecule has 2 aliphatic heterocycles. The highest BCUT2D eigenvalue weighted by Gasteiger charge is 2.48. The monoisotopic (exact) mass is 317 g/mol. The Labute approximate surface area is 126 Å². The van der Waals surface area contributed by atoms with Crippen LogP contribution in [-0.4, -0.2) is 51.3 Å². The third kappa shape index (κ3) is 2.77. The number of hydrogen-bond donors (Lipinski definition) is 1. The maximum Gasteiger partial charge on any atom is 0.451 e. The van der Waals surface area contributed by atoms with Gasteiger partial charge in [-0.25, -0.2) is 4.98 Å². The number of fused-ring (bicyclic) bond motifs is 1. The molecule has 2 fully saturated rings. The minimum Gasteiger partial charge on any atom is -0.476 e. The third-order valence-corrected chi connectivity index (χ3v) is 4.64. The molecular weight excluding hydrogens is 299 g/mol. The smallest absolute Gasteiger partial charge is 0.451 e. The number of nitrogens with zero attached hydrogens (tertiary/aromatic N) is 3. The van der Waals surface area contributed by atoms with Crippen molar-refractivity contribution in [2.45, 2.75) is 43.4 Å². The van der Waals surface area contributed by atoms with Gasteiger partial charge in [-0.2, -0.15) is 18.2 Å². The Morgan fingerprint density at radius 2 is 2.23 bits per heavy atom. The van der Waals surface area contributed by atoms with Gasteiger partial charge in [0.15, 0.2) is 0 Å². The van der Waals surface area contributed by atoms with Gasteiger partial charge in [-0.3, -0.25) is 4.90 Å². The van der Waals surface area contributed by atoms with Crippen LogP contribution in [0.15, 0.2) is 12.3 Å². The summed E-state index contributed by atoms with van der Waals surface area (Å²) in [5.41, 5.74) is -0.156. The molecule has 0 unspecified atom stereocenters. The zero-order valence-electron chi connectivity index (χ0n) is 12.0. The average Bonchev–Trinajstić information content (AvgIpc) is 3.04. The zero-order valence-corrected chi connectivity index (χ0v) is 12.0. The molecule has 122 valence electrons. The lowest BCUT2D eigenvalue weighted by Crippen LogP contribution is -2.46. The van der Waals surface area contributed by atoms with Crippen LogP contribution in [0.5, 0.6) is 5.88 Å². The fourth-order valence-electron chi connectivity index (χ4n) is 3.55. The van der Waals surface area contributed by atoms with E-state index in [9.17, 15) is 18.3 Å². The fourth-order valence-corrected chi connectivity index (χ4v) is 3.55.